The summed E-state index contributed by atoms with van der Waals surface area (Å²) in [7, 11) is 1.24. The first-order chi connectivity index (χ1) is 10.6. The van der Waals surface area contributed by atoms with Gasteiger partial charge in [0.2, 0.25) is 0 Å². The zero-order valence-electron chi connectivity index (χ0n) is 14.2. The summed E-state index contributed by atoms with van der Waals surface area (Å²) >= 11 is 0. The van der Waals surface area contributed by atoms with E-state index < -0.39 is 23.5 Å². The molecule has 0 aromatic heterocycles. The number of carbonyl (C=O) groups excluding carboxylic acids is 2. The van der Waals surface area contributed by atoms with Crippen molar-refractivity contribution in [3.63, 3.8) is 0 Å². The molecule has 8 heteroatoms. The Hall–Kier alpha value is -1.83. The van der Waals surface area contributed by atoms with E-state index >= 15 is 0 Å². The van der Waals surface area contributed by atoms with Crippen molar-refractivity contribution in [3.05, 3.63) is 0 Å². The minimum atomic E-state index is -1.02. The van der Waals surface area contributed by atoms with Gasteiger partial charge < -0.3 is 19.5 Å². The number of piperazine rings is 1. The predicted octanol–water partition coefficient (Wildman–Crippen LogP) is 0.803. The van der Waals surface area contributed by atoms with Crippen LogP contribution in [0.2, 0.25) is 0 Å². The van der Waals surface area contributed by atoms with Crippen molar-refractivity contribution in [2.24, 2.45) is 5.92 Å². The van der Waals surface area contributed by atoms with Crippen LogP contribution in [0.1, 0.15) is 27.2 Å². The second-order valence-corrected chi connectivity index (χ2v) is 6.58. The molecule has 1 saturated heterocycles. The fourth-order valence-corrected chi connectivity index (χ4v) is 2.27. The van der Waals surface area contributed by atoms with Crippen molar-refractivity contribution in [2.45, 2.75) is 32.8 Å². The first-order valence-electron chi connectivity index (χ1n) is 7.62. The topological polar surface area (TPSA) is 96.4 Å². The van der Waals surface area contributed by atoms with E-state index in [4.69, 9.17) is 4.74 Å². The molecule has 0 saturated carbocycles. The number of aliphatic carboxylic acids is 1. The summed E-state index contributed by atoms with van der Waals surface area (Å²) in [4.78, 5) is 38.0. The van der Waals surface area contributed by atoms with E-state index in [1.807, 2.05) is 25.7 Å². The average Bonchev–Trinajstić information content (AvgIpc) is 2.45. The van der Waals surface area contributed by atoms with Crippen molar-refractivity contribution in [1.82, 2.24) is 9.80 Å². The van der Waals surface area contributed by atoms with Crippen LogP contribution in [0.25, 0.3) is 0 Å². The number of carboxylic acid groups (broad SMARTS) is 1. The molecule has 0 aromatic rings. The molecule has 0 radical (unpaired) electrons. The lowest BCUT2D eigenvalue weighted by Crippen LogP contribution is -2.51. The molecule has 0 aromatic carbocycles. The fraction of sp³-hybridized carbons (Fsp3) is 0.800. The Labute approximate surface area is 136 Å². The SMILES string of the molecule is COC(=O)CC(CN1CCN(C(=O)OC(C)(C)C)CC1)C(=O)O. The number of esters is 1. The van der Waals surface area contributed by atoms with Gasteiger partial charge in [-0.2, -0.15) is 0 Å². The molecule has 1 N–H and O–H groups in total. The van der Waals surface area contributed by atoms with Crippen LogP contribution >= 0.6 is 0 Å². The van der Waals surface area contributed by atoms with E-state index in [0.717, 1.165) is 0 Å². The Bertz CT molecular complexity index is 438. The number of carbonyl (C=O) groups is 3. The van der Waals surface area contributed by atoms with Gasteiger partial charge in [-0.3, -0.25) is 14.5 Å². The Morgan fingerprint density at radius 3 is 2.13 bits per heavy atom. The van der Waals surface area contributed by atoms with Crippen LogP contribution in [-0.2, 0) is 19.1 Å². The summed E-state index contributed by atoms with van der Waals surface area (Å²) in [5.41, 5.74) is -0.539. The minimum absolute atomic E-state index is 0.155. The summed E-state index contributed by atoms with van der Waals surface area (Å²) in [5, 5.41) is 9.20. The first-order valence-corrected chi connectivity index (χ1v) is 7.62. The van der Waals surface area contributed by atoms with E-state index in [1.54, 1.807) is 4.90 Å². The number of nitrogens with zero attached hydrogens (tertiary/aromatic N) is 2. The van der Waals surface area contributed by atoms with E-state index in [9.17, 15) is 19.5 Å². The first kappa shape index (κ1) is 19.2. The van der Waals surface area contributed by atoms with Crippen LogP contribution in [0.4, 0.5) is 4.79 Å². The molecular weight excluding hydrogens is 304 g/mol. The van der Waals surface area contributed by atoms with Crippen LogP contribution in [0.15, 0.2) is 0 Å². The lowest BCUT2D eigenvalue weighted by atomic mass is 10.0. The number of rotatable bonds is 5. The normalized spacial score (nSPS) is 17.5. The fourth-order valence-electron chi connectivity index (χ4n) is 2.27. The molecule has 1 amide bonds. The molecule has 0 bridgehead atoms. The van der Waals surface area contributed by atoms with Gasteiger partial charge in [0.25, 0.3) is 0 Å². The van der Waals surface area contributed by atoms with Gasteiger partial charge in [0, 0.05) is 32.7 Å². The third-order valence-electron chi connectivity index (χ3n) is 3.49. The standard InChI is InChI=1S/C15H26N2O6/c1-15(2,3)23-14(21)17-7-5-16(6-8-17)10-11(13(19)20)9-12(18)22-4/h11H,5-10H2,1-4H3,(H,19,20). The number of ether oxygens (including phenoxy) is 2. The third kappa shape index (κ3) is 6.85. The quantitative estimate of drug-likeness (QED) is 0.745. The monoisotopic (exact) mass is 330 g/mol. The van der Waals surface area contributed by atoms with Gasteiger partial charge in [0.05, 0.1) is 19.4 Å². The molecule has 1 atom stereocenters. The predicted molar refractivity (Wildman–Crippen MR) is 82.0 cm³/mol. The number of hydrogen-bond acceptors (Lipinski definition) is 6. The van der Waals surface area contributed by atoms with E-state index in [0.29, 0.717) is 26.2 Å². The van der Waals surface area contributed by atoms with Gasteiger partial charge in [-0.1, -0.05) is 0 Å². The molecule has 1 aliphatic rings. The highest BCUT2D eigenvalue weighted by molar-refractivity contribution is 5.78. The summed E-state index contributed by atoms with van der Waals surface area (Å²) in [6, 6.07) is 0. The summed E-state index contributed by atoms with van der Waals surface area (Å²) in [6.07, 6.45) is -0.514. The van der Waals surface area contributed by atoms with Gasteiger partial charge in [0.15, 0.2) is 0 Å². The molecule has 8 nitrogen and oxygen atoms in total. The molecule has 0 aliphatic carbocycles. The highest BCUT2D eigenvalue weighted by Crippen LogP contribution is 2.14. The molecule has 1 unspecified atom stereocenters. The number of methoxy groups -OCH3 is 1. The summed E-state index contributed by atoms with van der Waals surface area (Å²) in [5.74, 6) is -2.37. The molecule has 1 rings (SSSR count). The third-order valence-corrected chi connectivity index (χ3v) is 3.49. The molecule has 1 heterocycles. The average molecular weight is 330 g/mol. The lowest BCUT2D eigenvalue weighted by molar-refractivity contribution is -0.150. The van der Waals surface area contributed by atoms with E-state index in [1.165, 1.54) is 7.11 Å². The maximum atomic E-state index is 12.0. The van der Waals surface area contributed by atoms with E-state index in [-0.39, 0.29) is 19.1 Å². The lowest BCUT2D eigenvalue weighted by Gasteiger charge is -2.36. The second-order valence-electron chi connectivity index (χ2n) is 6.58. The Morgan fingerprint density at radius 2 is 1.70 bits per heavy atom. The van der Waals surface area contributed by atoms with Crippen molar-refractivity contribution >= 4 is 18.0 Å². The van der Waals surface area contributed by atoms with Crippen LogP contribution in [0.5, 0.6) is 0 Å². The Morgan fingerprint density at radius 1 is 1.13 bits per heavy atom. The number of hydrogen-bond donors (Lipinski definition) is 1. The molecule has 0 spiro atoms. The molecular formula is C15H26N2O6. The molecule has 1 fully saturated rings. The summed E-state index contributed by atoms with van der Waals surface area (Å²) in [6.45, 7) is 7.72. The van der Waals surface area contributed by atoms with Crippen LogP contribution in [0.3, 0.4) is 0 Å². The van der Waals surface area contributed by atoms with E-state index in [2.05, 4.69) is 4.74 Å². The Balaban J connectivity index is 2.47. The largest absolute Gasteiger partial charge is 0.481 e. The minimum Gasteiger partial charge on any atom is -0.481 e. The molecule has 132 valence electrons. The number of carboxylic acids is 1. The van der Waals surface area contributed by atoms with Crippen molar-refractivity contribution in [3.8, 4) is 0 Å². The van der Waals surface area contributed by atoms with Crippen LogP contribution in [0, 0.1) is 5.92 Å². The zero-order valence-corrected chi connectivity index (χ0v) is 14.2. The smallest absolute Gasteiger partial charge is 0.410 e. The van der Waals surface area contributed by atoms with Crippen molar-refractivity contribution < 1.29 is 29.0 Å². The second kappa shape index (κ2) is 8.14. The van der Waals surface area contributed by atoms with Crippen LogP contribution in [-0.4, -0.2) is 78.4 Å². The Kier molecular flexibility index (Phi) is 6.80. The van der Waals surface area contributed by atoms with Crippen LogP contribution < -0.4 is 0 Å². The zero-order chi connectivity index (χ0) is 17.6. The maximum Gasteiger partial charge on any atom is 0.410 e. The van der Waals surface area contributed by atoms with Gasteiger partial charge >= 0.3 is 18.0 Å². The van der Waals surface area contributed by atoms with Crippen molar-refractivity contribution in [2.75, 3.05) is 39.8 Å². The van der Waals surface area contributed by atoms with Gasteiger partial charge in [-0.25, -0.2) is 4.79 Å². The molecule has 1 aliphatic heterocycles. The maximum absolute atomic E-state index is 12.0. The van der Waals surface area contributed by atoms with Gasteiger partial charge in [0.1, 0.15) is 5.60 Å². The highest BCUT2D eigenvalue weighted by atomic mass is 16.6. The highest BCUT2D eigenvalue weighted by Gasteiger charge is 2.29. The number of amides is 1. The summed E-state index contributed by atoms with van der Waals surface area (Å²) < 4.78 is 9.84. The molecule has 23 heavy (non-hydrogen) atoms. The van der Waals surface area contributed by atoms with Gasteiger partial charge in [-0.15, -0.1) is 0 Å². The van der Waals surface area contributed by atoms with Gasteiger partial charge in [-0.05, 0) is 20.8 Å². The van der Waals surface area contributed by atoms with Crippen molar-refractivity contribution in [1.29, 1.82) is 0 Å².